The number of carbonyl (C=O) groups is 2. The average Bonchev–Trinajstić information content (AvgIpc) is 3.17. The molecule has 8 nitrogen and oxygen atoms in total. The highest BCUT2D eigenvalue weighted by atomic mass is 16.8. The molecule has 0 amide bonds. The van der Waals surface area contributed by atoms with Crippen LogP contribution in [0.3, 0.4) is 0 Å². The Labute approximate surface area is 188 Å². The van der Waals surface area contributed by atoms with Crippen molar-refractivity contribution in [2.24, 2.45) is 16.7 Å². The Morgan fingerprint density at radius 3 is 2.38 bits per heavy atom. The maximum Gasteiger partial charge on any atom is 0.509 e. The van der Waals surface area contributed by atoms with E-state index in [0.717, 1.165) is 5.57 Å². The fourth-order valence-electron chi connectivity index (χ4n) is 7.67. The molecule has 5 rings (SSSR count). The first-order valence-electron chi connectivity index (χ1n) is 11.6. The first-order valence-corrected chi connectivity index (χ1v) is 11.6. The standard InChI is InChI=1S/C24H34O8/c1-12-13(26)10-24-18(29-19(27)32-24)16-22(6,8-7-9-23(16,28)11-25)17-15(14(12)20(24,2)3)30-21(4,5)31-17/h15-18,25,28H,7-11H2,1-6H3/t15-,16+,17+,18+,22-,23-,24-/m1/s1. The van der Waals surface area contributed by atoms with Gasteiger partial charge in [0.05, 0.1) is 24.7 Å². The monoisotopic (exact) mass is 450 g/mol. The molecule has 7 atom stereocenters. The molecule has 0 unspecified atom stereocenters. The maximum absolute atomic E-state index is 13.3. The Morgan fingerprint density at radius 1 is 1.03 bits per heavy atom. The molecule has 2 heterocycles. The van der Waals surface area contributed by atoms with E-state index in [4.69, 9.17) is 18.9 Å². The van der Waals surface area contributed by atoms with Crippen LogP contribution in [0.1, 0.15) is 67.2 Å². The minimum Gasteiger partial charge on any atom is -0.426 e. The van der Waals surface area contributed by atoms with Gasteiger partial charge in [-0.15, -0.1) is 0 Å². The van der Waals surface area contributed by atoms with Crippen LogP contribution in [0.25, 0.3) is 0 Å². The molecule has 0 aromatic rings. The molecular weight excluding hydrogens is 416 g/mol. The number of allylic oxidation sites excluding steroid dienone is 1. The van der Waals surface area contributed by atoms with Gasteiger partial charge in [-0.05, 0) is 51.2 Å². The molecule has 2 saturated heterocycles. The number of ketones is 1. The third kappa shape index (κ3) is 2.52. The van der Waals surface area contributed by atoms with Crippen LogP contribution in [-0.2, 0) is 23.7 Å². The van der Waals surface area contributed by atoms with Crippen molar-refractivity contribution in [2.45, 2.75) is 103 Å². The van der Waals surface area contributed by atoms with E-state index in [1.807, 2.05) is 34.6 Å². The van der Waals surface area contributed by atoms with Gasteiger partial charge in [0.2, 0.25) is 0 Å². The van der Waals surface area contributed by atoms with Crippen LogP contribution in [0.2, 0.25) is 0 Å². The second-order valence-electron chi connectivity index (χ2n) is 11.6. The van der Waals surface area contributed by atoms with Gasteiger partial charge < -0.3 is 29.2 Å². The van der Waals surface area contributed by atoms with Gasteiger partial charge >= 0.3 is 6.16 Å². The van der Waals surface area contributed by atoms with E-state index >= 15 is 0 Å². The number of carbonyl (C=O) groups excluding carboxylic acids is 2. The summed E-state index contributed by atoms with van der Waals surface area (Å²) in [5.41, 5.74) is -3.00. The minimum absolute atomic E-state index is 0.0402. The molecule has 5 aliphatic rings. The lowest BCUT2D eigenvalue weighted by atomic mass is 9.46. The van der Waals surface area contributed by atoms with Gasteiger partial charge in [0, 0.05) is 16.7 Å². The van der Waals surface area contributed by atoms with E-state index in [2.05, 4.69) is 0 Å². The second kappa shape index (κ2) is 6.34. The van der Waals surface area contributed by atoms with Gasteiger partial charge in [-0.2, -0.15) is 0 Å². The number of hydrogen-bond donors (Lipinski definition) is 2. The zero-order valence-corrected chi connectivity index (χ0v) is 19.7. The Kier molecular flexibility index (Phi) is 4.42. The topological polar surface area (TPSA) is 112 Å². The molecule has 0 radical (unpaired) electrons. The van der Waals surface area contributed by atoms with Crippen LogP contribution in [0, 0.1) is 16.7 Å². The van der Waals surface area contributed by atoms with Crippen molar-refractivity contribution in [3.8, 4) is 0 Å². The fraction of sp³-hybridized carbons (Fsp3) is 0.833. The molecule has 2 aliphatic heterocycles. The minimum atomic E-state index is -1.52. The van der Waals surface area contributed by atoms with Gasteiger partial charge in [-0.25, -0.2) is 4.79 Å². The van der Waals surface area contributed by atoms with Crippen molar-refractivity contribution in [2.75, 3.05) is 6.61 Å². The van der Waals surface area contributed by atoms with E-state index in [-0.39, 0.29) is 12.2 Å². The molecule has 32 heavy (non-hydrogen) atoms. The summed E-state index contributed by atoms with van der Waals surface area (Å²) >= 11 is 0. The molecule has 1 spiro atoms. The number of ether oxygens (including phenoxy) is 4. The Hall–Kier alpha value is -1.48. The van der Waals surface area contributed by atoms with E-state index in [1.165, 1.54) is 0 Å². The van der Waals surface area contributed by atoms with Crippen LogP contribution in [0.5, 0.6) is 0 Å². The normalized spacial score (nSPS) is 48.8. The van der Waals surface area contributed by atoms with Crippen LogP contribution in [0.4, 0.5) is 4.79 Å². The van der Waals surface area contributed by atoms with Gasteiger partial charge in [-0.3, -0.25) is 4.79 Å². The van der Waals surface area contributed by atoms with E-state index in [0.29, 0.717) is 24.8 Å². The predicted octanol–water partition coefficient (Wildman–Crippen LogP) is 2.64. The first kappa shape index (κ1) is 22.3. The van der Waals surface area contributed by atoms with Crippen molar-refractivity contribution < 1.29 is 38.7 Å². The summed E-state index contributed by atoms with van der Waals surface area (Å²) < 4.78 is 24.7. The summed E-state index contributed by atoms with van der Waals surface area (Å²) in [6, 6.07) is 0. The number of aliphatic hydroxyl groups is 2. The molecule has 2 saturated carbocycles. The van der Waals surface area contributed by atoms with Crippen molar-refractivity contribution in [3.63, 3.8) is 0 Å². The van der Waals surface area contributed by atoms with Crippen LogP contribution < -0.4 is 0 Å². The lowest BCUT2D eigenvalue weighted by Gasteiger charge is -2.61. The zero-order valence-electron chi connectivity index (χ0n) is 19.7. The van der Waals surface area contributed by atoms with E-state index in [9.17, 15) is 19.8 Å². The van der Waals surface area contributed by atoms with Crippen molar-refractivity contribution in [1.82, 2.24) is 0 Å². The van der Waals surface area contributed by atoms with Crippen molar-refractivity contribution in [3.05, 3.63) is 11.1 Å². The second-order valence-corrected chi connectivity index (χ2v) is 11.6. The molecule has 0 aromatic heterocycles. The fourth-order valence-corrected chi connectivity index (χ4v) is 7.67. The van der Waals surface area contributed by atoms with Crippen LogP contribution in [0.15, 0.2) is 11.1 Å². The summed E-state index contributed by atoms with van der Waals surface area (Å²) in [7, 11) is 0. The van der Waals surface area contributed by atoms with Crippen LogP contribution in [-0.4, -0.2) is 64.1 Å². The predicted molar refractivity (Wildman–Crippen MR) is 111 cm³/mol. The summed E-state index contributed by atoms with van der Waals surface area (Å²) in [4.78, 5) is 26.0. The molecule has 4 fully saturated rings. The van der Waals surface area contributed by atoms with Gasteiger partial charge in [-0.1, -0.05) is 20.8 Å². The van der Waals surface area contributed by atoms with Crippen LogP contribution >= 0.6 is 0 Å². The van der Waals surface area contributed by atoms with Gasteiger partial charge in [0.15, 0.2) is 23.3 Å². The smallest absolute Gasteiger partial charge is 0.426 e. The lowest BCUT2D eigenvalue weighted by molar-refractivity contribution is -0.235. The summed E-state index contributed by atoms with van der Waals surface area (Å²) in [6.45, 7) is 10.9. The molecular formula is C24H34O8. The molecule has 2 bridgehead atoms. The third-order valence-electron chi connectivity index (χ3n) is 9.15. The molecule has 2 N–H and O–H groups in total. The number of rotatable bonds is 1. The summed E-state index contributed by atoms with van der Waals surface area (Å²) in [5, 5.41) is 22.1. The quantitative estimate of drug-likeness (QED) is 0.587. The summed E-state index contributed by atoms with van der Waals surface area (Å²) in [5.74, 6) is -1.76. The van der Waals surface area contributed by atoms with E-state index in [1.54, 1.807) is 6.92 Å². The summed E-state index contributed by atoms with van der Waals surface area (Å²) in [6.07, 6.45) is -1.17. The highest BCUT2D eigenvalue weighted by molar-refractivity contribution is 5.98. The average molecular weight is 451 g/mol. The van der Waals surface area contributed by atoms with Gasteiger partial charge in [0.1, 0.15) is 6.10 Å². The molecule has 3 aliphatic carbocycles. The molecule has 0 aromatic carbocycles. The molecule has 8 heteroatoms. The maximum atomic E-state index is 13.3. The number of Topliss-reactive ketones (excluding diaryl/α,β-unsaturated/α-hetero) is 1. The SMILES string of the molecule is CC1=C2[C@H]3OC(C)(C)O[C@@H]3[C@]3(C)CCC[C@@](O)(CO)[C@H]3[C@@H]3OC(=O)O[C@@]3(CC1=O)C2(C)C. The Balaban J connectivity index is 1.85. The first-order chi connectivity index (χ1) is 14.7. The highest BCUT2D eigenvalue weighted by Gasteiger charge is 2.76. The Bertz CT molecular complexity index is 921. The number of fused-ring (bicyclic) bond motifs is 6. The number of hydrogen-bond acceptors (Lipinski definition) is 8. The zero-order chi connectivity index (χ0) is 23.5. The highest BCUT2D eigenvalue weighted by Crippen LogP contribution is 2.66. The van der Waals surface area contributed by atoms with Gasteiger partial charge in [0.25, 0.3) is 0 Å². The number of aliphatic hydroxyl groups excluding tert-OH is 1. The Morgan fingerprint density at radius 2 is 1.72 bits per heavy atom. The van der Waals surface area contributed by atoms with Crippen molar-refractivity contribution >= 4 is 11.9 Å². The largest absolute Gasteiger partial charge is 0.509 e. The van der Waals surface area contributed by atoms with E-state index < -0.39 is 64.8 Å². The third-order valence-corrected chi connectivity index (χ3v) is 9.15. The molecule has 178 valence electrons. The lowest BCUT2D eigenvalue weighted by Crippen LogP contribution is -2.71. The van der Waals surface area contributed by atoms with Crippen molar-refractivity contribution in [1.29, 1.82) is 0 Å².